The zero-order valence-corrected chi connectivity index (χ0v) is 12.6. The quantitative estimate of drug-likeness (QED) is 0.934. The van der Waals surface area contributed by atoms with Gasteiger partial charge in [0.1, 0.15) is 0 Å². The van der Waals surface area contributed by atoms with Crippen LogP contribution in [0.25, 0.3) is 0 Å². The van der Waals surface area contributed by atoms with Gasteiger partial charge < -0.3 is 15.1 Å². The molecule has 1 N–H and O–H groups in total. The fraction of sp³-hybridized carbons (Fsp3) is 0.357. The molecule has 7 heteroatoms. The first-order valence-corrected chi connectivity index (χ1v) is 7.28. The highest BCUT2D eigenvalue weighted by atomic mass is 35.5. The van der Waals surface area contributed by atoms with Crippen LogP contribution in [0.15, 0.2) is 30.3 Å². The molecule has 2 aromatic rings. The highest BCUT2D eigenvalue weighted by molar-refractivity contribution is 6.28. The van der Waals surface area contributed by atoms with E-state index in [2.05, 4.69) is 54.3 Å². The molecule has 21 heavy (non-hydrogen) atoms. The van der Waals surface area contributed by atoms with E-state index in [-0.39, 0.29) is 5.28 Å². The zero-order valence-electron chi connectivity index (χ0n) is 11.8. The molecular weight excluding hydrogens is 288 g/mol. The van der Waals surface area contributed by atoms with Crippen LogP contribution in [0.4, 0.5) is 17.6 Å². The van der Waals surface area contributed by atoms with Gasteiger partial charge in [0.25, 0.3) is 0 Å². The molecule has 6 nitrogen and oxygen atoms in total. The fourth-order valence-electron chi connectivity index (χ4n) is 2.40. The van der Waals surface area contributed by atoms with Gasteiger partial charge in [0.05, 0.1) is 0 Å². The average Bonchev–Trinajstić information content (AvgIpc) is 2.55. The van der Waals surface area contributed by atoms with Crippen LogP contribution in [-0.4, -0.2) is 48.2 Å². The van der Waals surface area contributed by atoms with Crippen LogP contribution in [-0.2, 0) is 0 Å². The molecule has 1 saturated heterocycles. The lowest BCUT2D eigenvalue weighted by molar-refractivity contribution is 0.639. The Morgan fingerprint density at radius 1 is 0.952 bits per heavy atom. The summed E-state index contributed by atoms with van der Waals surface area (Å²) in [5, 5.41) is 3.12. The van der Waals surface area contributed by atoms with Crippen LogP contribution in [0.2, 0.25) is 5.28 Å². The number of anilines is 3. The third-order valence-electron chi connectivity index (χ3n) is 3.50. The van der Waals surface area contributed by atoms with Gasteiger partial charge in [0, 0.05) is 38.9 Å². The average molecular weight is 305 g/mol. The van der Waals surface area contributed by atoms with Crippen molar-refractivity contribution in [1.29, 1.82) is 0 Å². The molecule has 1 fully saturated rings. The van der Waals surface area contributed by atoms with Crippen molar-refractivity contribution in [3.8, 4) is 0 Å². The third-order valence-corrected chi connectivity index (χ3v) is 3.67. The van der Waals surface area contributed by atoms with Crippen LogP contribution in [0, 0.1) is 0 Å². The van der Waals surface area contributed by atoms with E-state index in [1.807, 2.05) is 6.07 Å². The van der Waals surface area contributed by atoms with Crippen molar-refractivity contribution < 1.29 is 0 Å². The van der Waals surface area contributed by atoms with E-state index in [1.165, 1.54) is 5.69 Å². The maximum Gasteiger partial charge on any atom is 0.231 e. The second kappa shape index (κ2) is 6.13. The summed E-state index contributed by atoms with van der Waals surface area (Å²) in [6.07, 6.45) is 0. The largest absolute Gasteiger partial charge is 0.368 e. The maximum atomic E-state index is 5.93. The van der Waals surface area contributed by atoms with Crippen molar-refractivity contribution in [1.82, 2.24) is 15.0 Å². The lowest BCUT2D eigenvalue weighted by Crippen LogP contribution is -2.47. The molecule has 110 valence electrons. The molecule has 0 unspecified atom stereocenters. The van der Waals surface area contributed by atoms with E-state index in [4.69, 9.17) is 11.6 Å². The second-order valence-corrected chi connectivity index (χ2v) is 5.13. The fourth-order valence-corrected chi connectivity index (χ4v) is 2.55. The van der Waals surface area contributed by atoms with E-state index in [0.29, 0.717) is 11.9 Å². The lowest BCUT2D eigenvalue weighted by Gasteiger charge is -2.36. The van der Waals surface area contributed by atoms with Crippen molar-refractivity contribution in [3.05, 3.63) is 35.6 Å². The van der Waals surface area contributed by atoms with E-state index in [0.717, 1.165) is 26.2 Å². The number of hydrogen-bond acceptors (Lipinski definition) is 6. The zero-order chi connectivity index (χ0) is 14.7. The molecule has 0 radical (unpaired) electrons. The summed E-state index contributed by atoms with van der Waals surface area (Å²) < 4.78 is 0. The summed E-state index contributed by atoms with van der Waals surface area (Å²) >= 11 is 5.93. The lowest BCUT2D eigenvalue weighted by atomic mass is 10.2. The summed E-state index contributed by atoms with van der Waals surface area (Å²) in [6.45, 7) is 3.58. The number of rotatable bonds is 3. The van der Waals surface area contributed by atoms with Gasteiger partial charge in [-0.3, -0.25) is 0 Å². The molecule has 1 aliphatic heterocycles. The summed E-state index contributed by atoms with van der Waals surface area (Å²) in [4.78, 5) is 17.1. The monoisotopic (exact) mass is 304 g/mol. The number of hydrogen-bond donors (Lipinski definition) is 1. The number of aromatic nitrogens is 3. The number of para-hydroxylation sites is 1. The molecule has 1 aromatic heterocycles. The Labute approximate surface area is 128 Å². The van der Waals surface area contributed by atoms with Crippen molar-refractivity contribution in [2.24, 2.45) is 0 Å². The molecule has 0 amide bonds. The Morgan fingerprint density at radius 2 is 1.62 bits per heavy atom. The van der Waals surface area contributed by atoms with E-state index >= 15 is 0 Å². The minimum absolute atomic E-state index is 0.217. The number of nitrogens with zero attached hydrogens (tertiary/aromatic N) is 5. The van der Waals surface area contributed by atoms with E-state index < -0.39 is 0 Å². The Morgan fingerprint density at radius 3 is 2.29 bits per heavy atom. The van der Waals surface area contributed by atoms with Gasteiger partial charge in [0.2, 0.25) is 17.2 Å². The van der Waals surface area contributed by atoms with Gasteiger partial charge in [-0.05, 0) is 23.7 Å². The van der Waals surface area contributed by atoms with Gasteiger partial charge in [-0.1, -0.05) is 18.2 Å². The standard InChI is InChI=1S/C14H17ClN6/c1-16-13-17-12(15)18-14(19-13)21-9-7-20(8-10-21)11-5-3-2-4-6-11/h2-6H,7-10H2,1H3,(H,16,17,18,19). The molecule has 0 spiro atoms. The molecule has 0 saturated carbocycles. The van der Waals surface area contributed by atoms with E-state index in [9.17, 15) is 0 Å². The highest BCUT2D eigenvalue weighted by Crippen LogP contribution is 2.19. The van der Waals surface area contributed by atoms with Crippen LogP contribution in [0.3, 0.4) is 0 Å². The third kappa shape index (κ3) is 3.16. The first kappa shape index (κ1) is 13.9. The topological polar surface area (TPSA) is 57.2 Å². The van der Waals surface area contributed by atoms with Crippen LogP contribution in [0.1, 0.15) is 0 Å². The molecular formula is C14H17ClN6. The number of halogens is 1. The van der Waals surface area contributed by atoms with E-state index in [1.54, 1.807) is 7.05 Å². The summed E-state index contributed by atoms with van der Waals surface area (Å²) in [7, 11) is 1.77. The molecule has 2 heterocycles. The number of piperazine rings is 1. The van der Waals surface area contributed by atoms with Gasteiger partial charge in [-0.2, -0.15) is 15.0 Å². The van der Waals surface area contributed by atoms with Gasteiger partial charge in [-0.25, -0.2) is 0 Å². The van der Waals surface area contributed by atoms with Crippen molar-refractivity contribution >= 4 is 29.2 Å². The van der Waals surface area contributed by atoms with Crippen molar-refractivity contribution in [2.75, 3.05) is 48.3 Å². The predicted molar refractivity (Wildman–Crippen MR) is 85.3 cm³/mol. The summed E-state index contributed by atoms with van der Waals surface area (Å²) in [6, 6.07) is 10.4. The first-order chi connectivity index (χ1) is 10.3. The number of nitrogens with one attached hydrogen (secondary N) is 1. The molecule has 0 bridgehead atoms. The Kier molecular flexibility index (Phi) is 4.06. The molecule has 0 aliphatic carbocycles. The van der Waals surface area contributed by atoms with Crippen LogP contribution in [0.5, 0.6) is 0 Å². The molecule has 1 aromatic carbocycles. The Hall–Kier alpha value is -2.08. The van der Waals surface area contributed by atoms with Crippen molar-refractivity contribution in [2.45, 2.75) is 0 Å². The normalized spacial score (nSPS) is 15.1. The van der Waals surface area contributed by atoms with Gasteiger partial charge >= 0.3 is 0 Å². The highest BCUT2D eigenvalue weighted by Gasteiger charge is 2.20. The maximum absolute atomic E-state index is 5.93. The molecule has 0 atom stereocenters. The second-order valence-electron chi connectivity index (χ2n) is 4.79. The summed E-state index contributed by atoms with van der Waals surface area (Å²) in [5.74, 6) is 1.13. The minimum atomic E-state index is 0.217. The first-order valence-electron chi connectivity index (χ1n) is 6.90. The number of benzene rings is 1. The molecule has 3 rings (SSSR count). The smallest absolute Gasteiger partial charge is 0.231 e. The molecule has 1 aliphatic rings. The van der Waals surface area contributed by atoms with Crippen molar-refractivity contribution in [3.63, 3.8) is 0 Å². The SMILES string of the molecule is CNc1nc(Cl)nc(N2CCN(c3ccccc3)CC2)n1. The van der Waals surface area contributed by atoms with Gasteiger partial charge in [-0.15, -0.1) is 0 Å². The van der Waals surface area contributed by atoms with Crippen LogP contribution < -0.4 is 15.1 Å². The Bertz CT molecular complexity index is 598. The minimum Gasteiger partial charge on any atom is -0.368 e. The summed E-state index contributed by atoms with van der Waals surface area (Å²) in [5.41, 5.74) is 1.25. The van der Waals surface area contributed by atoms with Gasteiger partial charge in [0.15, 0.2) is 0 Å². The predicted octanol–water partition coefficient (Wildman–Crippen LogP) is 1.89. The van der Waals surface area contributed by atoms with Crippen LogP contribution >= 0.6 is 11.6 Å². The Balaban J connectivity index is 1.70.